The quantitative estimate of drug-likeness (QED) is 0.463. The maximum Gasteiger partial charge on any atom is 0.227 e. The zero-order valence-electron chi connectivity index (χ0n) is 9.38. The van der Waals surface area contributed by atoms with E-state index in [9.17, 15) is 13.6 Å². The molecular formula is C11H10F2N4O. The van der Waals surface area contributed by atoms with E-state index in [1.165, 1.54) is 11.0 Å². The van der Waals surface area contributed by atoms with Crippen LogP contribution in [0.1, 0.15) is 6.42 Å². The molecule has 0 saturated carbocycles. The number of benzene rings is 1. The molecular weight excluding hydrogens is 242 g/mol. The predicted molar refractivity (Wildman–Crippen MR) is 60.8 cm³/mol. The lowest BCUT2D eigenvalue weighted by Crippen LogP contribution is -2.24. The molecule has 0 spiro atoms. The summed E-state index contributed by atoms with van der Waals surface area (Å²) < 4.78 is 25.9. The number of amides is 1. The van der Waals surface area contributed by atoms with Crippen molar-refractivity contribution in [2.75, 3.05) is 18.0 Å². The number of azide groups is 1. The maximum absolute atomic E-state index is 13.1. The molecule has 0 N–H and O–H groups in total. The highest BCUT2D eigenvalue weighted by Gasteiger charge is 2.30. The third kappa shape index (κ3) is 2.41. The number of hydrogen-bond donors (Lipinski definition) is 0. The first-order valence-electron chi connectivity index (χ1n) is 5.38. The minimum atomic E-state index is -0.987. The van der Waals surface area contributed by atoms with Crippen molar-refractivity contribution < 1.29 is 13.6 Å². The van der Waals surface area contributed by atoms with Crippen LogP contribution in [0.4, 0.5) is 14.5 Å². The van der Waals surface area contributed by atoms with Gasteiger partial charge in [-0.3, -0.25) is 4.79 Å². The third-order valence-corrected chi connectivity index (χ3v) is 2.82. The van der Waals surface area contributed by atoms with Crippen LogP contribution in [0, 0.1) is 17.6 Å². The van der Waals surface area contributed by atoms with Crippen molar-refractivity contribution in [3.63, 3.8) is 0 Å². The summed E-state index contributed by atoms with van der Waals surface area (Å²) >= 11 is 0. The second-order valence-corrected chi connectivity index (χ2v) is 4.09. The molecule has 1 atom stereocenters. The summed E-state index contributed by atoms with van der Waals surface area (Å²) in [5.74, 6) is -2.20. The van der Waals surface area contributed by atoms with E-state index in [1.54, 1.807) is 0 Å². The Balaban J connectivity index is 2.16. The Bertz CT molecular complexity index is 528. The molecule has 1 heterocycles. The van der Waals surface area contributed by atoms with Gasteiger partial charge in [0.2, 0.25) is 5.91 Å². The summed E-state index contributed by atoms with van der Waals surface area (Å²) in [6.45, 7) is 0.575. The van der Waals surface area contributed by atoms with E-state index in [2.05, 4.69) is 10.0 Å². The Morgan fingerprint density at radius 3 is 2.89 bits per heavy atom. The standard InChI is InChI=1S/C11H10F2N4O/c12-9-2-1-8(4-10(9)13)17-6-7(3-11(17)18)5-15-16-14/h1-2,4,7H,3,5-6H2. The molecule has 1 aromatic rings. The van der Waals surface area contributed by atoms with Crippen molar-refractivity contribution >= 4 is 11.6 Å². The normalized spacial score (nSPS) is 18.9. The van der Waals surface area contributed by atoms with Crippen LogP contribution in [-0.4, -0.2) is 19.0 Å². The van der Waals surface area contributed by atoms with Crippen molar-refractivity contribution in [1.82, 2.24) is 0 Å². The molecule has 94 valence electrons. The molecule has 5 nitrogen and oxygen atoms in total. The van der Waals surface area contributed by atoms with E-state index in [1.807, 2.05) is 0 Å². The molecule has 1 amide bonds. The molecule has 2 rings (SSSR count). The smallest absolute Gasteiger partial charge is 0.227 e. The van der Waals surface area contributed by atoms with Gasteiger partial charge in [-0.15, -0.1) is 0 Å². The zero-order chi connectivity index (χ0) is 13.1. The van der Waals surface area contributed by atoms with Gasteiger partial charge in [0.15, 0.2) is 11.6 Å². The number of hydrogen-bond acceptors (Lipinski definition) is 2. The minimum absolute atomic E-state index is 0.0819. The highest BCUT2D eigenvalue weighted by atomic mass is 19.2. The number of halogens is 2. The van der Waals surface area contributed by atoms with Gasteiger partial charge in [-0.05, 0) is 23.6 Å². The van der Waals surface area contributed by atoms with E-state index in [-0.39, 0.29) is 24.8 Å². The number of anilines is 1. The fourth-order valence-electron chi connectivity index (χ4n) is 1.96. The van der Waals surface area contributed by atoms with Crippen molar-refractivity contribution in [3.05, 3.63) is 40.3 Å². The molecule has 18 heavy (non-hydrogen) atoms. The van der Waals surface area contributed by atoms with Crippen LogP contribution < -0.4 is 4.90 Å². The Morgan fingerprint density at radius 2 is 2.22 bits per heavy atom. The third-order valence-electron chi connectivity index (χ3n) is 2.82. The summed E-state index contributed by atoms with van der Waals surface area (Å²) in [5, 5.41) is 3.42. The first-order chi connectivity index (χ1) is 8.61. The largest absolute Gasteiger partial charge is 0.312 e. The van der Waals surface area contributed by atoms with E-state index in [0.717, 1.165) is 12.1 Å². The van der Waals surface area contributed by atoms with Crippen LogP contribution in [0.2, 0.25) is 0 Å². The van der Waals surface area contributed by atoms with Gasteiger partial charge < -0.3 is 4.90 Å². The lowest BCUT2D eigenvalue weighted by atomic mass is 10.1. The molecule has 1 aromatic carbocycles. The van der Waals surface area contributed by atoms with Gasteiger partial charge in [0, 0.05) is 36.2 Å². The molecule has 0 aliphatic carbocycles. The molecule has 0 bridgehead atoms. The highest BCUT2D eigenvalue weighted by molar-refractivity contribution is 5.95. The fraction of sp³-hybridized carbons (Fsp3) is 0.364. The monoisotopic (exact) mass is 252 g/mol. The highest BCUT2D eigenvalue weighted by Crippen LogP contribution is 2.26. The predicted octanol–water partition coefficient (Wildman–Crippen LogP) is 2.63. The molecule has 0 radical (unpaired) electrons. The molecule has 0 aromatic heterocycles. The minimum Gasteiger partial charge on any atom is -0.312 e. The van der Waals surface area contributed by atoms with Crippen LogP contribution in [0.15, 0.2) is 23.3 Å². The molecule has 1 aliphatic heterocycles. The van der Waals surface area contributed by atoms with Crippen LogP contribution in [0.25, 0.3) is 10.4 Å². The summed E-state index contributed by atoms with van der Waals surface area (Å²) in [4.78, 5) is 15.7. The van der Waals surface area contributed by atoms with E-state index in [4.69, 9.17) is 5.53 Å². The summed E-state index contributed by atoms with van der Waals surface area (Å²) in [6, 6.07) is 3.33. The molecule has 1 saturated heterocycles. The second kappa shape index (κ2) is 5.01. The lowest BCUT2D eigenvalue weighted by molar-refractivity contribution is -0.117. The molecule has 1 unspecified atom stereocenters. The average Bonchev–Trinajstić information content (AvgIpc) is 2.71. The van der Waals surface area contributed by atoms with Gasteiger partial charge in [-0.2, -0.15) is 0 Å². The summed E-state index contributed by atoms with van der Waals surface area (Å²) in [5.41, 5.74) is 8.53. The van der Waals surface area contributed by atoms with E-state index >= 15 is 0 Å². The number of rotatable bonds is 3. The number of carbonyl (C=O) groups excluding carboxylic acids is 1. The fourth-order valence-corrected chi connectivity index (χ4v) is 1.96. The van der Waals surface area contributed by atoms with Crippen LogP contribution >= 0.6 is 0 Å². The van der Waals surface area contributed by atoms with Gasteiger partial charge in [0.25, 0.3) is 0 Å². The Kier molecular flexibility index (Phi) is 3.43. The number of nitrogens with zero attached hydrogens (tertiary/aromatic N) is 4. The Hall–Kier alpha value is -2.14. The summed E-state index contributed by atoms with van der Waals surface area (Å²) in [6.07, 6.45) is 0.248. The van der Waals surface area contributed by atoms with E-state index in [0.29, 0.717) is 12.2 Å². The lowest BCUT2D eigenvalue weighted by Gasteiger charge is -2.16. The molecule has 1 fully saturated rings. The van der Waals surface area contributed by atoms with Crippen LogP contribution in [0.5, 0.6) is 0 Å². The first-order valence-corrected chi connectivity index (χ1v) is 5.38. The SMILES string of the molecule is [N-]=[N+]=NCC1CC(=O)N(c2ccc(F)c(F)c2)C1. The van der Waals surface area contributed by atoms with Gasteiger partial charge in [0.1, 0.15) is 0 Å². The molecule has 1 aliphatic rings. The Labute approximate surface area is 102 Å². The number of carbonyl (C=O) groups is 1. The molecule has 7 heteroatoms. The van der Waals surface area contributed by atoms with E-state index < -0.39 is 11.6 Å². The van der Waals surface area contributed by atoms with Gasteiger partial charge in [0.05, 0.1) is 0 Å². The first kappa shape index (κ1) is 12.3. The van der Waals surface area contributed by atoms with Crippen LogP contribution in [0.3, 0.4) is 0 Å². The van der Waals surface area contributed by atoms with Crippen LogP contribution in [-0.2, 0) is 4.79 Å². The Morgan fingerprint density at radius 1 is 1.44 bits per heavy atom. The van der Waals surface area contributed by atoms with Gasteiger partial charge in [-0.25, -0.2) is 8.78 Å². The van der Waals surface area contributed by atoms with Crippen molar-refractivity contribution in [1.29, 1.82) is 0 Å². The second-order valence-electron chi connectivity index (χ2n) is 4.09. The van der Waals surface area contributed by atoms with Gasteiger partial charge in [-0.1, -0.05) is 5.11 Å². The van der Waals surface area contributed by atoms with Gasteiger partial charge >= 0.3 is 0 Å². The average molecular weight is 252 g/mol. The van der Waals surface area contributed by atoms with Crippen molar-refractivity contribution in [2.45, 2.75) is 6.42 Å². The van der Waals surface area contributed by atoms with Crippen molar-refractivity contribution in [2.24, 2.45) is 11.0 Å². The zero-order valence-corrected chi connectivity index (χ0v) is 9.38. The van der Waals surface area contributed by atoms with Crippen molar-refractivity contribution in [3.8, 4) is 0 Å². The topological polar surface area (TPSA) is 69.1 Å². The summed E-state index contributed by atoms with van der Waals surface area (Å²) in [7, 11) is 0. The maximum atomic E-state index is 13.1.